The van der Waals surface area contributed by atoms with E-state index in [4.69, 9.17) is 0 Å². The molecule has 0 saturated heterocycles. The number of H-pyrrole nitrogens is 2. The third-order valence-corrected chi connectivity index (χ3v) is 2.58. The average molecular weight is 218 g/mol. The summed E-state index contributed by atoms with van der Waals surface area (Å²) in [6.45, 7) is 1.44. The number of nitrogens with zero attached hydrogens (tertiary/aromatic N) is 3. The van der Waals surface area contributed by atoms with E-state index in [-0.39, 0.29) is 5.56 Å². The second-order valence-corrected chi connectivity index (χ2v) is 3.60. The molecule has 1 aliphatic heterocycles. The largest absolute Gasteiger partial charge is 0.311 e. The van der Waals surface area contributed by atoms with Crippen molar-refractivity contribution in [2.24, 2.45) is 0 Å². The van der Waals surface area contributed by atoms with Gasteiger partial charge in [0.2, 0.25) is 0 Å². The molecule has 2 aromatic heterocycles. The van der Waals surface area contributed by atoms with Gasteiger partial charge in [0.25, 0.3) is 5.56 Å². The normalized spacial score (nSPS) is 14.8. The van der Waals surface area contributed by atoms with Crippen LogP contribution in [0.1, 0.15) is 11.3 Å². The summed E-state index contributed by atoms with van der Waals surface area (Å²) < 4.78 is 0. The van der Waals surface area contributed by atoms with E-state index in [1.54, 1.807) is 0 Å². The fraction of sp³-hybridized carbons (Fsp3) is 0.333. The van der Waals surface area contributed by atoms with Gasteiger partial charge in [-0.15, -0.1) is 0 Å². The minimum atomic E-state index is -0.0853. The molecule has 3 rings (SSSR count). The van der Waals surface area contributed by atoms with Gasteiger partial charge in [0, 0.05) is 12.1 Å². The predicted molar refractivity (Wildman–Crippen MR) is 55.6 cm³/mol. The zero-order valence-electron chi connectivity index (χ0n) is 8.45. The van der Waals surface area contributed by atoms with Gasteiger partial charge in [0.15, 0.2) is 11.6 Å². The molecule has 0 spiro atoms. The second-order valence-electron chi connectivity index (χ2n) is 3.60. The van der Waals surface area contributed by atoms with Crippen molar-refractivity contribution in [1.29, 1.82) is 0 Å². The number of fused-ring (bicyclic) bond motifs is 1. The van der Waals surface area contributed by atoms with Gasteiger partial charge < -0.3 is 10.3 Å². The molecule has 0 bridgehead atoms. The van der Waals surface area contributed by atoms with Crippen LogP contribution < -0.4 is 10.9 Å². The molecule has 7 nitrogen and oxygen atoms in total. The van der Waals surface area contributed by atoms with Crippen LogP contribution in [0.5, 0.6) is 0 Å². The van der Waals surface area contributed by atoms with E-state index in [0.29, 0.717) is 24.6 Å². The van der Waals surface area contributed by atoms with Crippen LogP contribution in [0.25, 0.3) is 11.6 Å². The number of hydrogen-bond donors (Lipinski definition) is 3. The molecule has 82 valence electrons. The van der Waals surface area contributed by atoms with Crippen molar-refractivity contribution >= 4 is 0 Å². The Morgan fingerprint density at radius 1 is 1.31 bits per heavy atom. The van der Waals surface area contributed by atoms with E-state index < -0.39 is 0 Å². The minimum absolute atomic E-state index is 0.0853. The first-order chi connectivity index (χ1) is 7.84. The molecule has 3 N–H and O–H groups in total. The lowest BCUT2D eigenvalue weighted by Gasteiger charge is -2.15. The molecule has 0 aromatic carbocycles. The lowest BCUT2D eigenvalue weighted by Crippen LogP contribution is -2.31. The van der Waals surface area contributed by atoms with E-state index in [0.717, 1.165) is 17.8 Å². The molecule has 0 unspecified atom stereocenters. The monoisotopic (exact) mass is 218 g/mol. The van der Waals surface area contributed by atoms with Gasteiger partial charge in [0.05, 0.1) is 5.69 Å². The molecule has 0 radical (unpaired) electrons. The van der Waals surface area contributed by atoms with Gasteiger partial charge >= 0.3 is 0 Å². The van der Waals surface area contributed by atoms with Crippen molar-refractivity contribution in [3.63, 3.8) is 0 Å². The van der Waals surface area contributed by atoms with Crippen molar-refractivity contribution < 1.29 is 0 Å². The summed E-state index contributed by atoms with van der Waals surface area (Å²) in [5.74, 6) is 0.912. The van der Waals surface area contributed by atoms with Crippen LogP contribution in [0.3, 0.4) is 0 Å². The third kappa shape index (κ3) is 1.41. The van der Waals surface area contributed by atoms with Gasteiger partial charge in [-0.25, -0.2) is 9.97 Å². The number of hydrogen-bond acceptors (Lipinski definition) is 5. The molecule has 0 aliphatic carbocycles. The number of aromatic nitrogens is 5. The number of rotatable bonds is 1. The van der Waals surface area contributed by atoms with Crippen LogP contribution in [0.15, 0.2) is 11.1 Å². The SMILES string of the molecule is O=c1[nH]c(-c2ncn[nH]2)nc2c1CCNC2. The summed E-state index contributed by atoms with van der Waals surface area (Å²) in [5.41, 5.74) is 1.47. The standard InChI is InChI=1S/C9H10N6O/c16-9-5-1-2-10-3-6(5)13-8(14-9)7-11-4-12-15-7/h4,10H,1-3H2,(H,11,12,15)(H,13,14,16). The van der Waals surface area contributed by atoms with Crippen molar-refractivity contribution in [2.45, 2.75) is 13.0 Å². The Balaban J connectivity index is 2.16. The molecule has 0 fully saturated rings. The summed E-state index contributed by atoms with van der Waals surface area (Å²) in [6, 6.07) is 0. The quantitative estimate of drug-likeness (QED) is 0.582. The van der Waals surface area contributed by atoms with Crippen LogP contribution in [0.4, 0.5) is 0 Å². The molecule has 0 saturated carbocycles. The predicted octanol–water partition coefficient (Wildman–Crippen LogP) is -0.799. The smallest absolute Gasteiger partial charge is 0.254 e. The number of nitrogens with one attached hydrogen (secondary N) is 3. The van der Waals surface area contributed by atoms with Gasteiger partial charge in [-0.3, -0.25) is 9.89 Å². The topological polar surface area (TPSA) is 99.4 Å². The maximum atomic E-state index is 11.8. The van der Waals surface area contributed by atoms with Crippen molar-refractivity contribution in [3.05, 3.63) is 27.9 Å². The van der Waals surface area contributed by atoms with E-state index >= 15 is 0 Å². The maximum Gasteiger partial charge on any atom is 0.254 e. The second kappa shape index (κ2) is 3.53. The van der Waals surface area contributed by atoms with Crippen LogP contribution >= 0.6 is 0 Å². The number of aromatic amines is 2. The highest BCUT2D eigenvalue weighted by Gasteiger charge is 2.16. The lowest BCUT2D eigenvalue weighted by atomic mass is 10.1. The van der Waals surface area contributed by atoms with Crippen LogP contribution in [0, 0.1) is 0 Å². The van der Waals surface area contributed by atoms with E-state index in [1.807, 2.05) is 0 Å². The Bertz CT molecular complexity index is 558. The summed E-state index contributed by atoms with van der Waals surface area (Å²) >= 11 is 0. The Labute approximate surface area is 90.3 Å². The average Bonchev–Trinajstić information content (AvgIpc) is 2.82. The fourth-order valence-corrected chi connectivity index (χ4v) is 1.80. The van der Waals surface area contributed by atoms with Gasteiger partial charge in [-0.05, 0) is 13.0 Å². The van der Waals surface area contributed by atoms with Crippen molar-refractivity contribution in [1.82, 2.24) is 30.5 Å². The summed E-state index contributed by atoms with van der Waals surface area (Å²) in [7, 11) is 0. The zero-order valence-corrected chi connectivity index (χ0v) is 8.45. The van der Waals surface area contributed by atoms with E-state index in [1.165, 1.54) is 6.33 Å². The van der Waals surface area contributed by atoms with Crippen molar-refractivity contribution in [3.8, 4) is 11.6 Å². The Morgan fingerprint density at radius 3 is 3.06 bits per heavy atom. The van der Waals surface area contributed by atoms with Crippen LogP contribution in [-0.2, 0) is 13.0 Å². The molecular formula is C9H10N6O. The maximum absolute atomic E-state index is 11.8. The third-order valence-electron chi connectivity index (χ3n) is 2.58. The Hall–Kier alpha value is -2.02. The summed E-state index contributed by atoms with van der Waals surface area (Å²) in [6.07, 6.45) is 2.10. The highest BCUT2D eigenvalue weighted by Crippen LogP contribution is 2.10. The van der Waals surface area contributed by atoms with E-state index in [9.17, 15) is 4.79 Å². The Kier molecular flexibility index (Phi) is 2.03. The molecule has 0 amide bonds. The minimum Gasteiger partial charge on any atom is -0.311 e. The molecule has 0 atom stereocenters. The molecule has 1 aliphatic rings. The Morgan fingerprint density at radius 2 is 2.25 bits per heavy atom. The van der Waals surface area contributed by atoms with Gasteiger partial charge in [-0.2, -0.15) is 5.10 Å². The van der Waals surface area contributed by atoms with Gasteiger partial charge in [-0.1, -0.05) is 0 Å². The molecule has 7 heteroatoms. The first-order valence-electron chi connectivity index (χ1n) is 5.03. The first-order valence-corrected chi connectivity index (χ1v) is 5.03. The summed E-state index contributed by atoms with van der Waals surface area (Å²) in [5, 5.41) is 9.58. The summed E-state index contributed by atoms with van der Waals surface area (Å²) in [4.78, 5) is 22.8. The molecular weight excluding hydrogens is 208 g/mol. The van der Waals surface area contributed by atoms with Crippen LogP contribution in [-0.4, -0.2) is 31.7 Å². The lowest BCUT2D eigenvalue weighted by molar-refractivity contribution is 0.619. The molecule has 16 heavy (non-hydrogen) atoms. The zero-order chi connectivity index (χ0) is 11.0. The highest BCUT2D eigenvalue weighted by molar-refractivity contribution is 5.42. The van der Waals surface area contributed by atoms with Crippen LogP contribution in [0.2, 0.25) is 0 Å². The molecule has 2 aromatic rings. The first kappa shape index (κ1) is 9.22. The fourth-order valence-electron chi connectivity index (χ4n) is 1.80. The highest BCUT2D eigenvalue weighted by atomic mass is 16.1. The molecule has 3 heterocycles. The van der Waals surface area contributed by atoms with Gasteiger partial charge in [0.1, 0.15) is 6.33 Å². The van der Waals surface area contributed by atoms with Crippen molar-refractivity contribution in [2.75, 3.05) is 6.54 Å². The van der Waals surface area contributed by atoms with E-state index in [2.05, 4.69) is 30.5 Å².